The third kappa shape index (κ3) is 4.80. The third-order valence-corrected chi connectivity index (χ3v) is 6.92. The van der Waals surface area contributed by atoms with E-state index in [2.05, 4.69) is 10.2 Å². The van der Waals surface area contributed by atoms with Crippen LogP contribution >= 0.6 is 11.3 Å². The molecule has 0 saturated carbocycles. The minimum Gasteiger partial charge on any atom is -0.469 e. The largest absolute Gasteiger partial charge is 0.469 e. The second kappa shape index (κ2) is 8.31. The van der Waals surface area contributed by atoms with E-state index in [0.29, 0.717) is 37.5 Å². The van der Waals surface area contributed by atoms with Crippen molar-refractivity contribution in [2.75, 3.05) is 32.8 Å². The summed E-state index contributed by atoms with van der Waals surface area (Å²) in [6.07, 6.45) is -4.59. The first-order chi connectivity index (χ1) is 13.2. The molecule has 0 aliphatic carbocycles. The summed E-state index contributed by atoms with van der Waals surface area (Å²) in [5.41, 5.74) is -0.978. The van der Waals surface area contributed by atoms with Crippen LogP contribution < -0.4 is 4.74 Å². The molecule has 0 radical (unpaired) electrons. The number of aromatic nitrogens is 2. The van der Waals surface area contributed by atoms with E-state index in [-0.39, 0.29) is 18.0 Å². The monoisotopic (exact) mass is 436 g/mol. The zero-order valence-electron chi connectivity index (χ0n) is 15.0. The number of sulfonamides is 1. The van der Waals surface area contributed by atoms with Crippen molar-refractivity contribution in [3.8, 4) is 5.19 Å². The molecular weight excluding hydrogens is 417 g/mol. The van der Waals surface area contributed by atoms with Gasteiger partial charge in [0.15, 0.2) is 0 Å². The van der Waals surface area contributed by atoms with Gasteiger partial charge in [-0.2, -0.15) is 17.5 Å². The topological polar surface area (TPSA) is 75.6 Å². The molecule has 0 atom stereocenters. The Bertz CT molecular complexity index is 910. The summed E-state index contributed by atoms with van der Waals surface area (Å²) in [5.74, 6) is 0. The fourth-order valence-electron chi connectivity index (χ4n) is 2.79. The highest BCUT2D eigenvalue weighted by Crippen LogP contribution is 2.31. The number of rotatable bonds is 6. The average molecular weight is 436 g/mol. The molecule has 1 aliphatic rings. The van der Waals surface area contributed by atoms with Gasteiger partial charge in [-0.15, -0.1) is 10.2 Å². The van der Waals surface area contributed by atoms with Crippen LogP contribution in [0.15, 0.2) is 29.2 Å². The third-order valence-electron chi connectivity index (χ3n) is 4.21. The van der Waals surface area contributed by atoms with Gasteiger partial charge in [-0.25, -0.2) is 8.42 Å². The molecule has 0 unspecified atom stereocenters. The molecule has 1 fully saturated rings. The fraction of sp³-hybridized carbons (Fsp3) is 0.500. The number of hydrogen-bond donors (Lipinski definition) is 0. The standard InChI is InChI=1S/C16H19F3N4O3S2/c1-2-26-15-21-20-14(27-15)11-22-6-8-23(9-7-22)28(24,25)13-5-3-4-12(10-13)16(17,18)19/h3-5,10H,2,6-9,11H2,1H3. The molecular formula is C16H19F3N4O3S2. The molecule has 2 heterocycles. The second-order valence-corrected chi connectivity index (χ2v) is 9.06. The molecule has 2 aromatic rings. The van der Waals surface area contributed by atoms with Crippen LogP contribution in [0.25, 0.3) is 0 Å². The number of nitrogens with zero attached hydrogens (tertiary/aromatic N) is 4. The summed E-state index contributed by atoms with van der Waals surface area (Å²) in [5, 5.41) is 9.21. The van der Waals surface area contributed by atoms with Gasteiger partial charge in [0.1, 0.15) is 5.01 Å². The summed E-state index contributed by atoms with van der Waals surface area (Å²) in [6.45, 7) is 4.14. The van der Waals surface area contributed by atoms with Crippen molar-refractivity contribution in [2.45, 2.75) is 24.5 Å². The molecule has 1 aromatic heterocycles. The van der Waals surface area contributed by atoms with Crippen molar-refractivity contribution >= 4 is 21.4 Å². The molecule has 12 heteroatoms. The Hall–Kier alpha value is -1.76. The predicted molar refractivity (Wildman–Crippen MR) is 96.6 cm³/mol. The summed E-state index contributed by atoms with van der Waals surface area (Å²) in [7, 11) is -3.98. The number of alkyl halides is 3. The maximum absolute atomic E-state index is 12.9. The number of piperazine rings is 1. The van der Waals surface area contributed by atoms with Gasteiger partial charge in [-0.1, -0.05) is 17.4 Å². The lowest BCUT2D eigenvalue weighted by molar-refractivity contribution is -0.137. The maximum Gasteiger partial charge on any atom is 0.416 e. The summed E-state index contributed by atoms with van der Waals surface area (Å²) in [6, 6.07) is 3.83. The van der Waals surface area contributed by atoms with E-state index in [4.69, 9.17) is 4.74 Å². The molecule has 1 aromatic carbocycles. The van der Waals surface area contributed by atoms with Crippen LogP contribution in [-0.4, -0.2) is 60.6 Å². The van der Waals surface area contributed by atoms with Crippen LogP contribution in [0.5, 0.6) is 5.19 Å². The first-order valence-electron chi connectivity index (χ1n) is 8.55. The minimum absolute atomic E-state index is 0.190. The van der Waals surface area contributed by atoms with Crippen molar-refractivity contribution in [2.24, 2.45) is 0 Å². The average Bonchev–Trinajstić information content (AvgIpc) is 3.09. The highest BCUT2D eigenvalue weighted by Gasteiger charge is 2.34. The molecule has 0 amide bonds. The Labute approximate surface area is 164 Å². The smallest absolute Gasteiger partial charge is 0.416 e. The van der Waals surface area contributed by atoms with Gasteiger partial charge in [0.05, 0.1) is 23.6 Å². The molecule has 0 N–H and O–H groups in total. The van der Waals surface area contributed by atoms with E-state index in [1.165, 1.54) is 21.7 Å². The quantitative estimate of drug-likeness (QED) is 0.693. The Morgan fingerprint density at radius 2 is 1.89 bits per heavy atom. The minimum atomic E-state index is -4.59. The van der Waals surface area contributed by atoms with E-state index >= 15 is 0 Å². The summed E-state index contributed by atoms with van der Waals surface area (Å²) >= 11 is 1.33. The van der Waals surface area contributed by atoms with Crippen LogP contribution in [0.2, 0.25) is 0 Å². The molecule has 3 rings (SSSR count). The molecule has 0 bridgehead atoms. The first-order valence-corrected chi connectivity index (χ1v) is 10.8. The van der Waals surface area contributed by atoms with Gasteiger partial charge in [-0.3, -0.25) is 4.90 Å². The Balaban J connectivity index is 1.63. The fourth-order valence-corrected chi connectivity index (χ4v) is 5.04. The lowest BCUT2D eigenvalue weighted by Crippen LogP contribution is -2.48. The highest BCUT2D eigenvalue weighted by atomic mass is 32.2. The van der Waals surface area contributed by atoms with E-state index in [1.54, 1.807) is 0 Å². The number of ether oxygens (including phenoxy) is 1. The SMILES string of the molecule is CCOc1nnc(CN2CCN(S(=O)(=O)c3cccc(C(F)(F)F)c3)CC2)s1. The Morgan fingerprint density at radius 3 is 2.54 bits per heavy atom. The van der Waals surface area contributed by atoms with Gasteiger partial charge in [0.25, 0.3) is 5.19 Å². The van der Waals surface area contributed by atoms with E-state index in [1.807, 2.05) is 11.8 Å². The normalized spacial score (nSPS) is 17.0. The summed E-state index contributed by atoms with van der Waals surface area (Å²) < 4.78 is 70.5. The first kappa shape index (κ1) is 21.0. The highest BCUT2D eigenvalue weighted by molar-refractivity contribution is 7.89. The van der Waals surface area contributed by atoms with Gasteiger partial charge in [0.2, 0.25) is 10.0 Å². The van der Waals surface area contributed by atoms with Crippen LogP contribution in [0.1, 0.15) is 17.5 Å². The Morgan fingerprint density at radius 1 is 1.18 bits per heavy atom. The molecule has 7 nitrogen and oxygen atoms in total. The lowest BCUT2D eigenvalue weighted by atomic mass is 10.2. The lowest BCUT2D eigenvalue weighted by Gasteiger charge is -2.33. The van der Waals surface area contributed by atoms with Crippen molar-refractivity contribution in [1.29, 1.82) is 0 Å². The number of halogens is 3. The van der Waals surface area contributed by atoms with E-state index in [9.17, 15) is 21.6 Å². The number of benzene rings is 1. The van der Waals surface area contributed by atoms with Crippen molar-refractivity contribution in [3.63, 3.8) is 0 Å². The van der Waals surface area contributed by atoms with Gasteiger partial charge < -0.3 is 4.74 Å². The summed E-state index contributed by atoms with van der Waals surface area (Å²) in [4.78, 5) is 1.68. The van der Waals surface area contributed by atoms with Gasteiger partial charge >= 0.3 is 6.18 Å². The molecule has 1 aliphatic heterocycles. The molecule has 28 heavy (non-hydrogen) atoms. The van der Waals surface area contributed by atoms with Gasteiger partial charge in [0, 0.05) is 26.2 Å². The van der Waals surface area contributed by atoms with Crippen molar-refractivity contribution < 1.29 is 26.3 Å². The zero-order valence-corrected chi connectivity index (χ0v) is 16.6. The maximum atomic E-state index is 12.9. The van der Waals surface area contributed by atoms with Crippen LogP contribution in [-0.2, 0) is 22.7 Å². The van der Waals surface area contributed by atoms with Crippen molar-refractivity contribution in [3.05, 3.63) is 34.8 Å². The van der Waals surface area contributed by atoms with Crippen LogP contribution in [0.3, 0.4) is 0 Å². The second-order valence-electron chi connectivity index (χ2n) is 6.10. The van der Waals surface area contributed by atoms with E-state index < -0.39 is 21.8 Å². The molecule has 154 valence electrons. The Kier molecular flexibility index (Phi) is 6.22. The van der Waals surface area contributed by atoms with Crippen molar-refractivity contribution in [1.82, 2.24) is 19.4 Å². The predicted octanol–water partition coefficient (Wildman–Crippen LogP) is 2.46. The van der Waals surface area contributed by atoms with Crippen LogP contribution in [0.4, 0.5) is 13.2 Å². The number of hydrogen-bond acceptors (Lipinski definition) is 7. The van der Waals surface area contributed by atoms with E-state index in [0.717, 1.165) is 17.1 Å². The van der Waals surface area contributed by atoms with Gasteiger partial charge in [-0.05, 0) is 25.1 Å². The zero-order chi connectivity index (χ0) is 20.4. The molecule has 1 saturated heterocycles. The van der Waals surface area contributed by atoms with Crippen LogP contribution in [0, 0.1) is 0 Å². The molecule has 0 spiro atoms.